The zero-order valence-electron chi connectivity index (χ0n) is 22.3. The van der Waals surface area contributed by atoms with Gasteiger partial charge in [-0.1, -0.05) is 36.1 Å². The molecule has 0 bridgehead atoms. The number of hydrogen-bond acceptors (Lipinski definition) is 5. The topological polar surface area (TPSA) is 123 Å². The van der Waals surface area contributed by atoms with Crippen molar-refractivity contribution in [3.8, 4) is 23.7 Å². The molecule has 3 amide bonds. The fraction of sp³-hybridized carbons (Fsp3) is 0.345. The zero-order valence-corrected chi connectivity index (χ0v) is 22.3. The molecule has 0 heterocycles. The summed E-state index contributed by atoms with van der Waals surface area (Å²) in [6, 6.07) is 12.0. The number of rotatable bonds is 7. The van der Waals surface area contributed by atoms with Gasteiger partial charge in [-0.2, -0.15) is 0 Å². The average molecular weight is 541 g/mol. The Balaban J connectivity index is 0.000000416. The van der Waals surface area contributed by atoms with E-state index in [0.29, 0.717) is 39.0 Å². The van der Waals surface area contributed by atoms with Crippen LogP contribution in [0.1, 0.15) is 44.7 Å². The van der Waals surface area contributed by atoms with E-state index in [4.69, 9.17) is 10.5 Å². The third-order valence-electron chi connectivity index (χ3n) is 4.34. The van der Waals surface area contributed by atoms with Gasteiger partial charge in [0.1, 0.15) is 17.2 Å². The highest BCUT2D eigenvalue weighted by Gasteiger charge is 2.15. The summed E-state index contributed by atoms with van der Waals surface area (Å²) in [5, 5.41) is 7.71. The molecule has 0 aliphatic carbocycles. The van der Waals surface area contributed by atoms with Crippen molar-refractivity contribution in [2.24, 2.45) is 5.73 Å². The van der Waals surface area contributed by atoms with Gasteiger partial charge in [-0.15, -0.1) is 0 Å². The van der Waals surface area contributed by atoms with Crippen LogP contribution in [-0.2, 0) is 14.3 Å². The van der Waals surface area contributed by atoms with E-state index < -0.39 is 35.1 Å². The average Bonchev–Trinajstić information content (AvgIpc) is 2.87. The number of carbonyl (C=O) groups excluding carboxylic acids is 3. The van der Waals surface area contributed by atoms with Crippen molar-refractivity contribution in [1.82, 2.24) is 16.0 Å². The van der Waals surface area contributed by atoms with Gasteiger partial charge in [0.2, 0.25) is 0 Å². The molecule has 2 rings (SSSR count). The quantitative estimate of drug-likeness (QED) is 0.318. The largest absolute Gasteiger partial charge is 0.444 e. The van der Waals surface area contributed by atoms with Crippen LogP contribution in [0.4, 0.5) is 13.6 Å². The fourth-order valence-corrected chi connectivity index (χ4v) is 2.56. The number of benzene rings is 2. The molecular formula is C29H34F2N4O4. The number of hydrogen-bond donors (Lipinski definition) is 4. The summed E-state index contributed by atoms with van der Waals surface area (Å²) < 4.78 is 31.5. The zero-order chi connectivity index (χ0) is 29.1. The Morgan fingerprint density at radius 3 is 1.64 bits per heavy atom. The highest BCUT2D eigenvalue weighted by molar-refractivity contribution is 5.94. The van der Waals surface area contributed by atoms with Gasteiger partial charge in [-0.3, -0.25) is 9.59 Å². The molecule has 2 aromatic rings. The lowest BCUT2D eigenvalue weighted by Crippen LogP contribution is -2.34. The Morgan fingerprint density at radius 2 is 1.21 bits per heavy atom. The monoisotopic (exact) mass is 540 g/mol. The van der Waals surface area contributed by atoms with E-state index in [1.54, 1.807) is 45.0 Å². The number of halogens is 2. The number of nitrogens with one attached hydrogen (secondary N) is 3. The molecule has 0 saturated heterocycles. The lowest BCUT2D eigenvalue weighted by Gasteiger charge is -2.19. The Morgan fingerprint density at radius 1 is 0.769 bits per heavy atom. The highest BCUT2D eigenvalue weighted by atomic mass is 19.1. The van der Waals surface area contributed by atoms with Gasteiger partial charge in [0.05, 0.1) is 11.1 Å². The molecule has 0 aromatic heterocycles. The van der Waals surface area contributed by atoms with Crippen LogP contribution in [0.15, 0.2) is 48.5 Å². The third-order valence-corrected chi connectivity index (χ3v) is 4.34. The highest BCUT2D eigenvalue weighted by Crippen LogP contribution is 2.06. The van der Waals surface area contributed by atoms with Gasteiger partial charge < -0.3 is 26.4 Å². The van der Waals surface area contributed by atoms with E-state index in [1.165, 1.54) is 24.3 Å². The van der Waals surface area contributed by atoms with Crippen molar-refractivity contribution in [1.29, 1.82) is 0 Å². The van der Waals surface area contributed by atoms with Crippen LogP contribution in [0.25, 0.3) is 0 Å². The Kier molecular flexibility index (Phi) is 15.0. The number of ether oxygens (including phenoxy) is 1. The summed E-state index contributed by atoms with van der Waals surface area (Å²) in [6.07, 6.45) is 0.739. The molecule has 0 fully saturated rings. The van der Waals surface area contributed by atoms with Gasteiger partial charge in [-0.25, -0.2) is 13.6 Å². The molecule has 0 unspecified atom stereocenters. The van der Waals surface area contributed by atoms with E-state index in [9.17, 15) is 23.2 Å². The molecule has 0 spiro atoms. The van der Waals surface area contributed by atoms with Gasteiger partial charge in [0, 0.05) is 31.5 Å². The van der Waals surface area contributed by atoms with Gasteiger partial charge in [0.15, 0.2) is 0 Å². The van der Waals surface area contributed by atoms with Crippen LogP contribution >= 0.6 is 0 Å². The van der Waals surface area contributed by atoms with Crippen LogP contribution in [0.2, 0.25) is 0 Å². The van der Waals surface area contributed by atoms with Crippen LogP contribution in [0, 0.1) is 35.3 Å². The van der Waals surface area contributed by atoms with Crippen molar-refractivity contribution in [2.45, 2.75) is 39.2 Å². The minimum absolute atomic E-state index is 0.175. The Labute approximate surface area is 228 Å². The minimum Gasteiger partial charge on any atom is -0.444 e. The molecule has 8 nitrogen and oxygen atoms in total. The van der Waals surface area contributed by atoms with Crippen LogP contribution in [-0.4, -0.2) is 49.7 Å². The summed E-state index contributed by atoms with van der Waals surface area (Å²) >= 11 is 0. The molecule has 208 valence electrons. The first kappa shape index (κ1) is 32.6. The van der Waals surface area contributed by atoms with E-state index in [2.05, 4.69) is 39.6 Å². The maximum Gasteiger partial charge on any atom is 0.407 e. The Bertz CT molecular complexity index is 1220. The van der Waals surface area contributed by atoms with E-state index in [-0.39, 0.29) is 11.1 Å². The van der Waals surface area contributed by atoms with Crippen molar-refractivity contribution in [2.75, 3.05) is 26.2 Å². The Hall–Kier alpha value is -4.41. The molecule has 39 heavy (non-hydrogen) atoms. The third kappa shape index (κ3) is 16.1. The maximum absolute atomic E-state index is 13.3. The number of carbonyl (C=O) groups is 3. The number of nitrogens with two attached hydrogens (primary N) is 1. The van der Waals surface area contributed by atoms with Crippen molar-refractivity contribution in [3.05, 3.63) is 71.3 Å². The normalized spacial score (nSPS) is 9.79. The first-order chi connectivity index (χ1) is 18.5. The molecular weight excluding hydrogens is 506 g/mol. The number of amides is 3. The molecule has 2 aromatic carbocycles. The predicted molar refractivity (Wildman–Crippen MR) is 145 cm³/mol. The maximum atomic E-state index is 13.3. The van der Waals surface area contributed by atoms with Crippen molar-refractivity contribution < 1.29 is 27.9 Å². The first-order valence-corrected chi connectivity index (χ1v) is 12.3. The smallest absolute Gasteiger partial charge is 0.407 e. The number of alkyl carbamates (subject to hydrolysis) is 1. The summed E-state index contributed by atoms with van der Waals surface area (Å²) in [5.74, 6) is 7.77. The first-order valence-electron chi connectivity index (χ1n) is 12.3. The minimum atomic E-state index is -0.541. The summed E-state index contributed by atoms with van der Waals surface area (Å²) in [5.41, 5.74) is 5.12. The molecule has 5 N–H and O–H groups in total. The second kappa shape index (κ2) is 17.9. The van der Waals surface area contributed by atoms with Crippen LogP contribution in [0.3, 0.4) is 0 Å². The summed E-state index contributed by atoms with van der Waals surface area (Å²) in [4.78, 5) is 34.0. The second-order valence-electron chi connectivity index (χ2n) is 8.90. The van der Waals surface area contributed by atoms with Gasteiger partial charge in [-0.05, 0) is 64.4 Å². The molecule has 0 radical (unpaired) electrons. The molecule has 0 aliphatic rings. The predicted octanol–water partition coefficient (Wildman–Crippen LogP) is 2.85. The molecule has 0 atom stereocenters. The molecule has 10 heteroatoms. The van der Waals surface area contributed by atoms with E-state index in [0.717, 1.165) is 0 Å². The molecule has 0 saturated carbocycles. The standard InChI is InChI=1S/C17H21FN2O3.C12H13FN2O/c1-17(2,3)23-16(22)20-12-6-11-19-15(21)10-9-13-7-4-5-8-14(13)18;13-11-5-2-1-4-10(11)6-7-12(16)15-9-3-8-14/h4-5,7-8H,6,11-12H2,1-3H3,(H,19,21)(H,20,22);1-2,4-5H,3,8-9,14H2,(H,15,16). The van der Waals surface area contributed by atoms with Crippen LogP contribution < -0.4 is 21.7 Å². The van der Waals surface area contributed by atoms with E-state index >= 15 is 0 Å². The second-order valence-corrected chi connectivity index (χ2v) is 8.90. The van der Waals surface area contributed by atoms with Gasteiger partial charge in [0.25, 0.3) is 11.8 Å². The SMILES string of the molecule is CC(C)(C)OC(=O)NCCCNC(=O)C#Cc1ccccc1F.NCCCNC(=O)C#Cc1ccccc1F. The summed E-state index contributed by atoms with van der Waals surface area (Å²) in [6.45, 7) is 7.06. The van der Waals surface area contributed by atoms with Crippen molar-refractivity contribution >= 4 is 17.9 Å². The van der Waals surface area contributed by atoms with Crippen molar-refractivity contribution in [3.63, 3.8) is 0 Å². The fourth-order valence-electron chi connectivity index (χ4n) is 2.56. The lowest BCUT2D eigenvalue weighted by molar-refractivity contribution is -0.116. The summed E-state index contributed by atoms with van der Waals surface area (Å²) in [7, 11) is 0. The van der Waals surface area contributed by atoms with Crippen LogP contribution in [0.5, 0.6) is 0 Å². The molecule has 0 aliphatic heterocycles. The lowest BCUT2D eigenvalue weighted by atomic mass is 10.2. The van der Waals surface area contributed by atoms with Gasteiger partial charge >= 0.3 is 6.09 Å². The van der Waals surface area contributed by atoms with E-state index in [1.807, 2.05) is 0 Å².